The zero-order chi connectivity index (χ0) is 11.9. The van der Waals surface area contributed by atoms with Crippen LogP contribution in [-0.4, -0.2) is 40.4 Å². The number of hydrogen-bond acceptors (Lipinski definition) is 3. The minimum atomic E-state index is -1.08. The zero-order valence-electron chi connectivity index (χ0n) is 9.10. The predicted octanol–water partition coefficient (Wildman–Crippen LogP) is 0.417. The third-order valence-electron chi connectivity index (χ3n) is 2.74. The molecule has 0 spiro atoms. The summed E-state index contributed by atoms with van der Waals surface area (Å²) in [6, 6.07) is -0.339. The first-order chi connectivity index (χ1) is 7.50. The van der Waals surface area contributed by atoms with E-state index in [9.17, 15) is 9.59 Å². The normalized spacial score (nSPS) is 23.8. The molecule has 1 atom stereocenters. The van der Waals surface area contributed by atoms with Crippen molar-refractivity contribution in [2.24, 2.45) is 10.9 Å². The van der Waals surface area contributed by atoms with Gasteiger partial charge in [-0.3, -0.25) is 9.89 Å². The number of hydrogen-bond donors (Lipinski definition) is 2. The molecule has 0 saturated heterocycles. The molecule has 0 aromatic carbocycles. The number of carbonyl (C=O) groups is 2. The Hall–Kier alpha value is -1.85. The van der Waals surface area contributed by atoms with E-state index in [1.165, 1.54) is 11.1 Å². The van der Waals surface area contributed by atoms with Gasteiger partial charge in [-0.15, -0.1) is 0 Å². The van der Waals surface area contributed by atoms with E-state index >= 15 is 0 Å². The molecule has 6 heteroatoms. The molecule has 0 saturated carbocycles. The summed E-state index contributed by atoms with van der Waals surface area (Å²) in [6.07, 6.45) is 1.20. The first-order valence-corrected chi connectivity index (χ1v) is 5.10. The molecule has 0 aromatic heterocycles. The van der Waals surface area contributed by atoms with Gasteiger partial charge in [-0.05, 0) is 5.92 Å². The maximum Gasteiger partial charge on any atom is 0.340 e. The van der Waals surface area contributed by atoms with Gasteiger partial charge >= 0.3 is 12.0 Å². The van der Waals surface area contributed by atoms with Crippen LogP contribution in [0.15, 0.2) is 16.8 Å². The molecule has 0 aliphatic carbocycles. The van der Waals surface area contributed by atoms with Gasteiger partial charge in [0.2, 0.25) is 0 Å². The first kappa shape index (κ1) is 10.7. The minimum absolute atomic E-state index is 0.0263. The summed E-state index contributed by atoms with van der Waals surface area (Å²) in [4.78, 5) is 28.1. The molecular weight excluding hydrogens is 210 g/mol. The zero-order valence-corrected chi connectivity index (χ0v) is 9.10. The largest absolute Gasteiger partial charge is 0.478 e. The van der Waals surface area contributed by atoms with E-state index in [1.54, 1.807) is 0 Å². The highest BCUT2D eigenvalue weighted by atomic mass is 16.4. The van der Waals surface area contributed by atoms with Crippen LogP contribution in [0.1, 0.15) is 13.8 Å². The summed E-state index contributed by atoms with van der Waals surface area (Å²) in [5.41, 5.74) is 0.0442. The molecule has 2 amide bonds. The van der Waals surface area contributed by atoms with Gasteiger partial charge in [0.1, 0.15) is 11.4 Å². The van der Waals surface area contributed by atoms with E-state index in [1.807, 2.05) is 13.8 Å². The highest BCUT2D eigenvalue weighted by molar-refractivity contribution is 6.24. The number of nitrogens with zero attached hydrogens (tertiary/aromatic N) is 2. The number of rotatable bonds is 2. The van der Waals surface area contributed by atoms with Crippen molar-refractivity contribution in [1.29, 1.82) is 0 Å². The van der Waals surface area contributed by atoms with Gasteiger partial charge in [-0.2, -0.15) is 0 Å². The van der Waals surface area contributed by atoms with E-state index in [2.05, 4.69) is 10.3 Å². The number of carboxylic acids is 1. The summed E-state index contributed by atoms with van der Waals surface area (Å²) >= 11 is 0. The quantitative estimate of drug-likeness (QED) is 0.711. The van der Waals surface area contributed by atoms with Gasteiger partial charge in [0.25, 0.3) is 0 Å². The molecule has 16 heavy (non-hydrogen) atoms. The number of aliphatic imine (C=N–C) groups is 1. The standard InChI is InChI=1S/C10H13N3O3/c1-5(2)7-4-13-8(12-7)6(9(14)15)3-11-10(13)16/h3,5,7H,4H2,1-2H3,(H,11,16)(H,14,15)/t7-/m1/s1. The number of amidine groups is 1. The molecule has 0 radical (unpaired) electrons. The number of nitrogens with one attached hydrogen (secondary N) is 1. The van der Waals surface area contributed by atoms with Gasteiger partial charge in [0.15, 0.2) is 0 Å². The first-order valence-electron chi connectivity index (χ1n) is 5.10. The Balaban J connectivity index is 2.36. The minimum Gasteiger partial charge on any atom is -0.478 e. The van der Waals surface area contributed by atoms with Crippen LogP contribution in [0.2, 0.25) is 0 Å². The van der Waals surface area contributed by atoms with Gasteiger partial charge in [0.05, 0.1) is 12.6 Å². The van der Waals surface area contributed by atoms with Gasteiger partial charge in [-0.1, -0.05) is 13.8 Å². The number of fused-ring (bicyclic) bond motifs is 1. The third-order valence-corrected chi connectivity index (χ3v) is 2.74. The number of urea groups is 1. The fourth-order valence-electron chi connectivity index (χ4n) is 1.73. The van der Waals surface area contributed by atoms with Crippen molar-refractivity contribution in [3.63, 3.8) is 0 Å². The summed E-state index contributed by atoms with van der Waals surface area (Å²) in [6.45, 7) is 4.44. The highest BCUT2D eigenvalue weighted by Gasteiger charge is 2.37. The molecule has 2 rings (SSSR count). The topological polar surface area (TPSA) is 82.0 Å². The number of aliphatic carboxylic acids is 1. The number of carbonyl (C=O) groups excluding carboxylic acids is 1. The van der Waals surface area contributed by atoms with Crippen LogP contribution in [0, 0.1) is 5.92 Å². The van der Waals surface area contributed by atoms with Crippen molar-refractivity contribution in [2.75, 3.05) is 6.54 Å². The summed E-state index contributed by atoms with van der Waals surface area (Å²) in [5, 5.41) is 11.4. The maximum absolute atomic E-state index is 11.5. The molecule has 2 N–H and O–H groups in total. The molecule has 0 fully saturated rings. The third kappa shape index (κ3) is 1.56. The fourth-order valence-corrected chi connectivity index (χ4v) is 1.73. The average Bonchev–Trinajstić information content (AvgIpc) is 2.62. The monoisotopic (exact) mass is 223 g/mol. The molecule has 2 heterocycles. The Morgan fingerprint density at radius 1 is 1.69 bits per heavy atom. The molecule has 0 unspecified atom stereocenters. The van der Waals surface area contributed by atoms with Crippen LogP contribution in [0.5, 0.6) is 0 Å². The molecule has 0 aromatic rings. The Labute approximate surface area is 92.6 Å². The predicted molar refractivity (Wildman–Crippen MR) is 57.0 cm³/mol. The molecule has 0 bridgehead atoms. The van der Waals surface area contributed by atoms with E-state index in [0.29, 0.717) is 6.54 Å². The lowest BCUT2D eigenvalue weighted by molar-refractivity contribution is -0.132. The van der Waals surface area contributed by atoms with Crippen molar-refractivity contribution in [3.05, 3.63) is 11.8 Å². The lowest BCUT2D eigenvalue weighted by Crippen LogP contribution is -2.46. The molecule has 2 aliphatic heterocycles. The molecule has 2 aliphatic rings. The Morgan fingerprint density at radius 3 is 2.94 bits per heavy atom. The fraction of sp³-hybridized carbons (Fsp3) is 0.500. The smallest absolute Gasteiger partial charge is 0.340 e. The van der Waals surface area contributed by atoms with Crippen molar-refractivity contribution in [2.45, 2.75) is 19.9 Å². The van der Waals surface area contributed by atoms with Crippen LogP contribution in [-0.2, 0) is 4.79 Å². The average molecular weight is 223 g/mol. The van der Waals surface area contributed by atoms with Gasteiger partial charge in [0, 0.05) is 6.20 Å². The summed E-state index contributed by atoms with van der Waals surface area (Å²) < 4.78 is 0. The van der Waals surface area contributed by atoms with Gasteiger partial charge in [-0.25, -0.2) is 9.59 Å². The van der Waals surface area contributed by atoms with Crippen molar-refractivity contribution in [3.8, 4) is 0 Å². The lowest BCUT2D eigenvalue weighted by atomic mass is 10.1. The van der Waals surface area contributed by atoms with Crippen LogP contribution < -0.4 is 5.32 Å². The van der Waals surface area contributed by atoms with Crippen LogP contribution in [0.4, 0.5) is 4.79 Å². The second kappa shape index (κ2) is 3.62. The van der Waals surface area contributed by atoms with E-state index in [-0.39, 0.29) is 29.4 Å². The second-order valence-electron chi connectivity index (χ2n) is 4.19. The van der Waals surface area contributed by atoms with Crippen molar-refractivity contribution in [1.82, 2.24) is 10.2 Å². The van der Waals surface area contributed by atoms with E-state index in [0.717, 1.165) is 0 Å². The Morgan fingerprint density at radius 2 is 2.38 bits per heavy atom. The SMILES string of the molecule is CC(C)[C@H]1CN2C(=O)NC=C(C(=O)O)C2=N1. The maximum atomic E-state index is 11.5. The Bertz CT molecular complexity index is 412. The summed E-state index contributed by atoms with van der Waals surface area (Å²) in [5.74, 6) is -0.524. The Kier molecular flexibility index (Phi) is 2.41. The van der Waals surface area contributed by atoms with E-state index < -0.39 is 5.97 Å². The molecular formula is C10H13N3O3. The van der Waals surface area contributed by atoms with E-state index in [4.69, 9.17) is 5.11 Å². The molecule has 6 nitrogen and oxygen atoms in total. The van der Waals surface area contributed by atoms with Crippen molar-refractivity contribution >= 4 is 17.8 Å². The highest BCUT2D eigenvalue weighted by Crippen LogP contribution is 2.22. The van der Waals surface area contributed by atoms with Crippen LogP contribution in [0.25, 0.3) is 0 Å². The lowest BCUT2D eigenvalue weighted by Gasteiger charge is -2.23. The summed E-state index contributed by atoms with van der Waals surface area (Å²) in [7, 11) is 0. The molecule has 86 valence electrons. The van der Waals surface area contributed by atoms with Crippen molar-refractivity contribution < 1.29 is 14.7 Å². The number of amides is 2. The van der Waals surface area contributed by atoms with Gasteiger partial charge < -0.3 is 10.4 Å². The second-order valence-corrected chi connectivity index (χ2v) is 4.19. The number of carboxylic acid groups (broad SMARTS) is 1. The van der Waals surface area contributed by atoms with Crippen LogP contribution in [0.3, 0.4) is 0 Å². The van der Waals surface area contributed by atoms with Crippen LogP contribution >= 0.6 is 0 Å².